The van der Waals surface area contributed by atoms with E-state index in [1.807, 2.05) is 20.0 Å². The molecule has 0 saturated carbocycles. The molecule has 0 spiro atoms. The highest BCUT2D eigenvalue weighted by atomic mass is 16.5. The van der Waals surface area contributed by atoms with Crippen LogP contribution in [0.2, 0.25) is 0 Å². The van der Waals surface area contributed by atoms with Crippen molar-refractivity contribution in [3.8, 4) is 11.6 Å². The Labute approximate surface area is 138 Å². The van der Waals surface area contributed by atoms with Crippen LogP contribution >= 0.6 is 0 Å². The van der Waals surface area contributed by atoms with Crippen LogP contribution < -0.4 is 14.8 Å². The van der Waals surface area contributed by atoms with Crippen LogP contribution in [0.1, 0.15) is 18.5 Å². The van der Waals surface area contributed by atoms with Gasteiger partial charge >= 0.3 is 0 Å². The summed E-state index contributed by atoms with van der Waals surface area (Å²) in [5.74, 6) is 1.35. The number of nitrogens with zero attached hydrogens (tertiary/aromatic N) is 3. The van der Waals surface area contributed by atoms with E-state index in [4.69, 9.17) is 9.47 Å². The van der Waals surface area contributed by atoms with E-state index in [1.165, 1.54) is 12.8 Å². The molecule has 2 aliphatic heterocycles. The number of aromatic nitrogens is 1. The van der Waals surface area contributed by atoms with Gasteiger partial charge in [-0.1, -0.05) is 0 Å². The summed E-state index contributed by atoms with van der Waals surface area (Å²) in [6.07, 6.45) is 2.38. The maximum atomic E-state index is 6.04. The molecular weight excluding hydrogens is 292 g/mol. The average Bonchev–Trinajstić information content (AvgIpc) is 2.53. The van der Waals surface area contributed by atoms with Crippen molar-refractivity contribution < 1.29 is 9.47 Å². The van der Waals surface area contributed by atoms with E-state index in [2.05, 4.69) is 34.2 Å². The summed E-state index contributed by atoms with van der Waals surface area (Å²) in [6, 6.07) is 2.99. The van der Waals surface area contributed by atoms with Crippen LogP contribution in [-0.2, 0) is 0 Å². The van der Waals surface area contributed by atoms with E-state index in [0.717, 1.165) is 30.2 Å². The topological polar surface area (TPSA) is 49.9 Å². The van der Waals surface area contributed by atoms with Crippen molar-refractivity contribution in [2.75, 3.05) is 52.8 Å². The van der Waals surface area contributed by atoms with E-state index in [-0.39, 0.29) is 0 Å². The van der Waals surface area contributed by atoms with E-state index in [1.54, 1.807) is 0 Å². The first-order chi connectivity index (χ1) is 11.1. The maximum Gasteiger partial charge on any atom is 0.257 e. The number of rotatable bonds is 7. The minimum atomic E-state index is 0.492. The number of hydrogen-bond donors (Lipinski definition) is 1. The van der Waals surface area contributed by atoms with Gasteiger partial charge in [-0.25, -0.2) is 4.98 Å². The molecule has 1 aromatic rings. The Bertz CT molecular complexity index is 552. The summed E-state index contributed by atoms with van der Waals surface area (Å²) in [5, 5.41) is 3.16. The summed E-state index contributed by atoms with van der Waals surface area (Å²) in [4.78, 5) is 9.21. The van der Waals surface area contributed by atoms with E-state index >= 15 is 0 Å². The molecule has 0 unspecified atom stereocenters. The van der Waals surface area contributed by atoms with Crippen molar-refractivity contribution in [3.05, 3.63) is 11.8 Å². The van der Waals surface area contributed by atoms with Gasteiger partial charge in [0.15, 0.2) is 5.75 Å². The van der Waals surface area contributed by atoms with Crippen molar-refractivity contribution in [2.45, 2.75) is 31.8 Å². The molecular formula is C17H28N4O2. The molecule has 2 aliphatic rings. The van der Waals surface area contributed by atoms with Crippen molar-refractivity contribution in [3.63, 3.8) is 0 Å². The second-order valence-corrected chi connectivity index (χ2v) is 6.64. The number of pyridine rings is 1. The van der Waals surface area contributed by atoms with Crippen LogP contribution in [0, 0.1) is 6.92 Å². The Hall–Kier alpha value is -1.53. The third kappa shape index (κ3) is 3.53. The summed E-state index contributed by atoms with van der Waals surface area (Å²) >= 11 is 0. The molecule has 6 heteroatoms. The fourth-order valence-corrected chi connectivity index (χ4v) is 2.95. The minimum Gasteiger partial charge on any atom is -0.486 e. The molecule has 3 rings (SSSR count). The zero-order valence-electron chi connectivity index (χ0n) is 14.6. The Balaban J connectivity index is 1.68. The van der Waals surface area contributed by atoms with Crippen LogP contribution in [0.25, 0.3) is 0 Å². The standard InChI is InChI=1S/C17H28N4O2/c1-12-15(18-2)9-16(22-10-13-5-7-20(13)3)17(19-12)23-11-14-6-8-21(14)4/h9,13-14,18H,5-8,10-11H2,1-4H3/t13-,14-/m0/s1. The van der Waals surface area contributed by atoms with Gasteiger partial charge < -0.3 is 14.8 Å². The molecule has 0 aliphatic carbocycles. The first-order valence-electron chi connectivity index (χ1n) is 8.44. The number of nitrogens with one attached hydrogen (secondary N) is 1. The molecule has 0 amide bonds. The number of ether oxygens (including phenoxy) is 2. The Kier molecular flexibility index (Phi) is 4.92. The van der Waals surface area contributed by atoms with Gasteiger partial charge in [-0.15, -0.1) is 0 Å². The fourth-order valence-electron chi connectivity index (χ4n) is 2.95. The molecule has 0 bridgehead atoms. The Morgan fingerprint density at radius 1 is 1.13 bits per heavy atom. The monoisotopic (exact) mass is 320 g/mol. The van der Waals surface area contributed by atoms with E-state index in [9.17, 15) is 0 Å². The lowest BCUT2D eigenvalue weighted by Gasteiger charge is -2.38. The molecule has 23 heavy (non-hydrogen) atoms. The quantitative estimate of drug-likeness (QED) is 0.823. The molecule has 3 heterocycles. The molecule has 1 aromatic heterocycles. The SMILES string of the molecule is CNc1cc(OC[C@@H]2CCN2C)c(OC[C@@H]2CCN2C)nc1C. The van der Waals surface area contributed by atoms with Crippen molar-refractivity contribution >= 4 is 5.69 Å². The fraction of sp³-hybridized carbons (Fsp3) is 0.706. The molecule has 2 saturated heterocycles. The number of aryl methyl sites for hydroxylation is 1. The molecule has 0 aromatic carbocycles. The molecule has 6 nitrogen and oxygen atoms in total. The molecule has 2 atom stereocenters. The zero-order valence-corrected chi connectivity index (χ0v) is 14.6. The lowest BCUT2D eigenvalue weighted by atomic mass is 10.1. The number of likely N-dealkylation sites (tertiary alicyclic amines) is 2. The molecule has 0 radical (unpaired) electrons. The molecule has 2 fully saturated rings. The minimum absolute atomic E-state index is 0.492. The van der Waals surface area contributed by atoms with Crippen LogP contribution in [0.15, 0.2) is 6.07 Å². The predicted molar refractivity (Wildman–Crippen MR) is 91.6 cm³/mol. The summed E-state index contributed by atoms with van der Waals surface area (Å²) < 4.78 is 12.0. The van der Waals surface area contributed by atoms with Gasteiger partial charge in [0.25, 0.3) is 5.88 Å². The van der Waals surface area contributed by atoms with E-state index < -0.39 is 0 Å². The highest BCUT2D eigenvalue weighted by molar-refractivity contribution is 5.54. The second-order valence-electron chi connectivity index (χ2n) is 6.64. The number of anilines is 1. The van der Waals surface area contributed by atoms with Gasteiger partial charge in [0.2, 0.25) is 0 Å². The average molecular weight is 320 g/mol. The van der Waals surface area contributed by atoms with Crippen LogP contribution in [0.3, 0.4) is 0 Å². The third-order valence-electron chi connectivity index (χ3n) is 5.14. The van der Waals surface area contributed by atoms with Crippen LogP contribution in [0.5, 0.6) is 11.6 Å². The highest BCUT2D eigenvalue weighted by Crippen LogP contribution is 2.31. The summed E-state index contributed by atoms with van der Waals surface area (Å²) in [6.45, 7) is 5.64. The first-order valence-corrected chi connectivity index (χ1v) is 8.44. The van der Waals surface area contributed by atoms with E-state index in [0.29, 0.717) is 31.2 Å². The lowest BCUT2D eigenvalue weighted by Crippen LogP contribution is -2.48. The van der Waals surface area contributed by atoms with Gasteiger partial charge in [0, 0.05) is 25.2 Å². The smallest absolute Gasteiger partial charge is 0.257 e. The van der Waals surface area contributed by atoms with Gasteiger partial charge in [0.05, 0.1) is 11.4 Å². The predicted octanol–water partition coefficient (Wildman–Crippen LogP) is 1.60. The van der Waals surface area contributed by atoms with Crippen molar-refractivity contribution in [1.82, 2.24) is 14.8 Å². The second kappa shape index (κ2) is 6.93. The van der Waals surface area contributed by atoms with Gasteiger partial charge in [-0.05, 0) is 47.0 Å². The largest absolute Gasteiger partial charge is 0.486 e. The van der Waals surface area contributed by atoms with Crippen molar-refractivity contribution in [1.29, 1.82) is 0 Å². The Morgan fingerprint density at radius 3 is 2.22 bits per heavy atom. The summed E-state index contributed by atoms with van der Waals surface area (Å²) in [7, 11) is 6.16. The van der Waals surface area contributed by atoms with Gasteiger partial charge in [-0.2, -0.15) is 0 Å². The van der Waals surface area contributed by atoms with Gasteiger partial charge in [0.1, 0.15) is 13.2 Å². The van der Waals surface area contributed by atoms with Crippen molar-refractivity contribution in [2.24, 2.45) is 0 Å². The van der Waals surface area contributed by atoms with Gasteiger partial charge in [-0.3, -0.25) is 9.80 Å². The van der Waals surface area contributed by atoms with Crippen LogP contribution in [-0.4, -0.2) is 74.3 Å². The highest BCUT2D eigenvalue weighted by Gasteiger charge is 2.27. The zero-order chi connectivity index (χ0) is 16.4. The Morgan fingerprint density at radius 2 is 1.74 bits per heavy atom. The number of hydrogen-bond acceptors (Lipinski definition) is 6. The normalized spacial score (nSPS) is 24.7. The van der Waals surface area contributed by atoms with Crippen LogP contribution in [0.4, 0.5) is 5.69 Å². The lowest BCUT2D eigenvalue weighted by molar-refractivity contribution is 0.0646. The molecule has 1 N–H and O–H groups in total. The summed E-state index contributed by atoms with van der Waals surface area (Å²) in [5.41, 5.74) is 1.91. The molecule has 128 valence electrons. The number of likely N-dealkylation sites (N-methyl/N-ethyl adjacent to an activating group) is 2. The first kappa shape index (κ1) is 16.3. The maximum absolute atomic E-state index is 6.04. The third-order valence-corrected chi connectivity index (χ3v) is 5.14.